The lowest BCUT2D eigenvalue weighted by Gasteiger charge is -2.04. The van der Waals surface area contributed by atoms with Crippen LogP contribution in [0.1, 0.15) is 12.6 Å². The van der Waals surface area contributed by atoms with E-state index in [2.05, 4.69) is 16.4 Å². The molecule has 0 spiro atoms. The van der Waals surface area contributed by atoms with Crippen LogP contribution in [0, 0.1) is 11.3 Å². The number of aryl methyl sites for hydroxylation is 1. The van der Waals surface area contributed by atoms with Gasteiger partial charge in [0.05, 0.1) is 6.20 Å². The van der Waals surface area contributed by atoms with E-state index in [0.717, 1.165) is 12.4 Å². The van der Waals surface area contributed by atoms with Gasteiger partial charge in [-0.2, -0.15) is 5.26 Å². The average Bonchev–Trinajstić information content (AvgIpc) is 2.85. The molecule has 0 saturated heterocycles. The van der Waals surface area contributed by atoms with Gasteiger partial charge in [0, 0.05) is 12.7 Å². The van der Waals surface area contributed by atoms with E-state index in [-0.39, 0.29) is 0 Å². The molecule has 0 radical (unpaired) electrons. The molecule has 0 bridgehead atoms. The molecule has 0 aliphatic rings. The van der Waals surface area contributed by atoms with Gasteiger partial charge in [0.1, 0.15) is 11.8 Å². The van der Waals surface area contributed by atoms with E-state index in [1.54, 1.807) is 21.5 Å². The van der Waals surface area contributed by atoms with Crippen molar-refractivity contribution < 1.29 is 0 Å². The second-order valence-corrected chi connectivity index (χ2v) is 2.78. The standard InChI is InChI=1S/C9H9N5/c1-2-14-9(7-11-12-14)13-5-3-4-8(13)6-10/h3-5,7H,2H2,1H3. The smallest absolute Gasteiger partial charge is 0.156 e. The third-order valence-electron chi connectivity index (χ3n) is 2.01. The van der Waals surface area contributed by atoms with Gasteiger partial charge in [-0.05, 0) is 19.1 Å². The lowest BCUT2D eigenvalue weighted by molar-refractivity contribution is 0.610. The fourth-order valence-electron chi connectivity index (χ4n) is 1.34. The van der Waals surface area contributed by atoms with Crippen molar-refractivity contribution in [2.24, 2.45) is 0 Å². The van der Waals surface area contributed by atoms with Gasteiger partial charge in [-0.3, -0.25) is 4.57 Å². The molecule has 5 nitrogen and oxygen atoms in total. The Morgan fingerprint density at radius 2 is 2.43 bits per heavy atom. The molecule has 5 heteroatoms. The van der Waals surface area contributed by atoms with Crippen LogP contribution in [0.25, 0.3) is 5.82 Å². The van der Waals surface area contributed by atoms with E-state index < -0.39 is 0 Å². The van der Waals surface area contributed by atoms with Gasteiger partial charge in [-0.25, -0.2) is 4.68 Å². The minimum absolute atomic E-state index is 0.585. The second-order valence-electron chi connectivity index (χ2n) is 2.78. The number of rotatable bonds is 2. The average molecular weight is 187 g/mol. The largest absolute Gasteiger partial charge is 0.291 e. The molecule has 0 atom stereocenters. The first-order chi connectivity index (χ1) is 6.86. The first-order valence-electron chi connectivity index (χ1n) is 4.33. The van der Waals surface area contributed by atoms with Gasteiger partial charge < -0.3 is 0 Å². The Morgan fingerprint density at radius 1 is 1.57 bits per heavy atom. The molecule has 2 rings (SSSR count). The maximum atomic E-state index is 8.85. The van der Waals surface area contributed by atoms with Crippen molar-refractivity contribution in [3.05, 3.63) is 30.2 Å². The first kappa shape index (κ1) is 8.51. The topological polar surface area (TPSA) is 59.4 Å². The SMILES string of the molecule is CCn1nncc1-n1cccc1C#N. The first-order valence-corrected chi connectivity index (χ1v) is 4.33. The van der Waals surface area contributed by atoms with Gasteiger partial charge in [0.15, 0.2) is 5.82 Å². The third kappa shape index (κ3) is 1.17. The highest BCUT2D eigenvalue weighted by molar-refractivity contribution is 5.32. The third-order valence-corrected chi connectivity index (χ3v) is 2.01. The summed E-state index contributed by atoms with van der Waals surface area (Å²) in [6.07, 6.45) is 3.47. The maximum Gasteiger partial charge on any atom is 0.156 e. The minimum Gasteiger partial charge on any atom is -0.291 e. The molecular weight excluding hydrogens is 178 g/mol. The zero-order valence-electron chi connectivity index (χ0n) is 7.75. The molecule has 14 heavy (non-hydrogen) atoms. The van der Waals surface area contributed by atoms with Gasteiger partial charge >= 0.3 is 0 Å². The van der Waals surface area contributed by atoms with E-state index in [1.807, 2.05) is 19.2 Å². The predicted molar refractivity (Wildman–Crippen MR) is 49.7 cm³/mol. The zero-order chi connectivity index (χ0) is 9.97. The lowest BCUT2D eigenvalue weighted by atomic mass is 10.5. The molecule has 70 valence electrons. The van der Waals surface area contributed by atoms with Crippen LogP contribution in [0.3, 0.4) is 0 Å². The fourth-order valence-corrected chi connectivity index (χ4v) is 1.34. The number of hydrogen-bond donors (Lipinski definition) is 0. The molecule has 0 saturated carbocycles. The second kappa shape index (κ2) is 3.34. The van der Waals surface area contributed by atoms with E-state index in [1.165, 1.54) is 0 Å². The Bertz CT molecular complexity index is 473. The van der Waals surface area contributed by atoms with Gasteiger partial charge in [-0.15, -0.1) is 5.10 Å². The molecule has 0 aliphatic heterocycles. The highest BCUT2D eigenvalue weighted by Gasteiger charge is 2.07. The number of hydrogen-bond acceptors (Lipinski definition) is 3. The Balaban J connectivity index is 2.55. The molecule has 0 amide bonds. The van der Waals surface area contributed by atoms with Crippen LogP contribution in [0.2, 0.25) is 0 Å². The Hall–Kier alpha value is -2.09. The number of aromatic nitrogens is 4. The van der Waals surface area contributed by atoms with Crippen LogP contribution in [0.15, 0.2) is 24.5 Å². The number of nitrogens with zero attached hydrogens (tertiary/aromatic N) is 5. The summed E-state index contributed by atoms with van der Waals surface area (Å²) in [7, 11) is 0. The van der Waals surface area contributed by atoms with Crippen LogP contribution in [-0.4, -0.2) is 19.6 Å². The van der Waals surface area contributed by atoms with Gasteiger partial charge in [-0.1, -0.05) is 5.21 Å². The zero-order valence-corrected chi connectivity index (χ0v) is 7.75. The Morgan fingerprint density at radius 3 is 3.14 bits per heavy atom. The summed E-state index contributed by atoms with van der Waals surface area (Å²) < 4.78 is 3.50. The fraction of sp³-hybridized carbons (Fsp3) is 0.222. The Labute approximate surface area is 81.2 Å². The summed E-state index contributed by atoms with van der Waals surface area (Å²) in [5.41, 5.74) is 0.585. The van der Waals surface area contributed by atoms with Crippen molar-refractivity contribution >= 4 is 0 Å². The van der Waals surface area contributed by atoms with Gasteiger partial charge in [0.2, 0.25) is 0 Å². The normalized spacial score (nSPS) is 10.0. The van der Waals surface area contributed by atoms with E-state index >= 15 is 0 Å². The Kier molecular flexibility index (Phi) is 2.03. The molecular formula is C9H9N5. The van der Waals surface area contributed by atoms with E-state index in [9.17, 15) is 0 Å². The molecule has 0 aromatic carbocycles. The van der Waals surface area contributed by atoms with E-state index in [4.69, 9.17) is 5.26 Å². The van der Waals surface area contributed by atoms with Crippen molar-refractivity contribution in [2.45, 2.75) is 13.5 Å². The predicted octanol–water partition coefficient (Wildman–Crippen LogP) is 0.960. The molecule has 2 aromatic heterocycles. The molecule has 0 fully saturated rings. The summed E-state index contributed by atoms with van der Waals surface area (Å²) in [5, 5.41) is 16.6. The lowest BCUT2D eigenvalue weighted by Crippen LogP contribution is -2.06. The van der Waals surface area contributed by atoms with Crippen molar-refractivity contribution in [3.8, 4) is 11.9 Å². The molecule has 2 heterocycles. The molecule has 2 aromatic rings. The monoisotopic (exact) mass is 187 g/mol. The summed E-state index contributed by atoms with van der Waals surface area (Å²) in [6.45, 7) is 2.71. The van der Waals surface area contributed by atoms with Crippen LogP contribution in [0.5, 0.6) is 0 Å². The van der Waals surface area contributed by atoms with Crippen molar-refractivity contribution in [3.63, 3.8) is 0 Å². The summed E-state index contributed by atoms with van der Waals surface area (Å²) in [5.74, 6) is 0.814. The minimum atomic E-state index is 0.585. The van der Waals surface area contributed by atoms with Crippen LogP contribution in [0.4, 0.5) is 0 Å². The van der Waals surface area contributed by atoms with Crippen LogP contribution >= 0.6 is 0 Å². The molecule has 0 unspecified atom stereocenters. The molecule has 0 aliphatic carbocycles. The maximum absolute atomic E-state index is 8.85. The quantitative estimate of drug-likeness (QED) is 0.703. The highest BCUT2D eigenvalue weighted by atomic mass is 15.5. The van der Waals surface area contributed by atoms with Crippen molar-refractivity contribution in [1.29, 1.82) is 5.26 Å². The van der Waals surface area contributed by atoms with Crippen LogP contribution in [-0.2, 0) is 6.54 Å². The van der Waals surface area contributed by atoms with E-state index in [0.29, 0.717) is 5.69 Å². The van der Waals surface area contributed by atoms with Gasteiger partial charge in [0.25, 0.3) is 0 Å². The van der Waals surface area contributed by atoms with Crippen LogP contribution < -0.4 is 0 Å². The molecule has 0 N–H and O–H groups in total. The number of nitriles is 1. The summed E-state index contributed by atoms with van der Waals surface area (Å²) in [6, 6.07) is 5.69. The highest BCUT2D eigenvalue weighted by Crippen LogP contribution is 2.09. The van der Waals surface area contributed by atoms with Crippen molar-refractivity contribution in [2.75, 3.05) is 0 Å². The summed E-state index contributed by atoms with van der Waals surface area (Å²) >= 11 is 0. The van der Waals surface area contributed by atoms with Crippen molar-refractivity contribution in [1.82, 2.24) is 19.6 Å². The summed E-state index contributed by atoms with van der Waals surface area (Å²) in [4.78, 5) is 0.